The van der Waals surface area contributed by atoms with Gasteiger partial charge in [0, 0.05) is 0 Å². The van der Waals surface area contributed by atoms with Crippen molar-refractivity contribution in [2.24, 2.45) is 5.41 Å². The van der Waals surface area contributed by atoms with E-state index in [0.29, 0.717) is 5.41 Å². The topological polar surface area (TPSA) is 0 Å². The summed E-state index contributed by atoms with van der Waals surface area (Å²) in [4.78, 5) is 0. The summed E-state index contributed by atoms with van der Waals surface area (Å²) in [6.45, 7) is 9.28. The zero-order chi connectivity index (χ0) is 9.90. The Morgan fingerprint density at radius 1 is 1.08 bits per heavy atom. The predicted molar refractivity (Wildman–Crippen MR) is 60.7 cm³/mol. The predicted octanol–water partition coefficient (Wildman–Crippen LogP) is 2.87. The van der Waals surface area contributed by atoms with Crippen molar-refractivity contribution in [1.29, 1.82) is 0 Å². The minimum Gasteiger partial charge on any atom is -0.0645 e. The fourth-order valence-electron chi connectivity index (χ4n) is 1.00. The van der Waals surface area contributed by atoms with E-state index in [1.807, 2.05) is 0 Å². The zero-order valence-electron chi connectivity index (χ0n) is 8.96. The van der Waals surface area contributed by atoms with Crippen LogP contribution in [-0.4, -0.2) is 9.52 Å². The summed E-state index contributed by atoms with van der Waals surface area (Å²) in [6.07, 6.45) is 0. The molecule has 0 nitrogen and oxygen atoms in total. The Morgan fingerprint density at radius 3 is 2.08 bits per heavy atom. The van der Waals surface area contributed by atoms with Crippen LogP contribution in [0.3, 0.4) is 0 Å². The molecule has 0 spiro atoms. The molecule has 0 heterocycles. The van der Waals surface area contributed by atoms with Gasteiger partial charge in [0.25, 0.3) is 0 Å². The third-order valence-corrected chi connectivity index (χ3v) is 4.42. The number of hydrogen-bond donors (Lipinski definition) is 0. The second-order valence-corrected chi connectivity index (χ2v) is 6.33. The third-order valence-electron chi connectivity index (χ3n) is 2.46. The first-order chi connectivity index (χ1) is 6.00. The van der Waals surface area contributed by atoms with Crippen LogP contribution in [0.25, 0.3) is 0 Å². The lowest BCUT2D eigenvalue weighted by Crippen LogP contribution is -2.26. The molecule has 0 bridgehead atoms. The van der Waals surface area contributed by atoms with Crippen LogP contribution in [0.5, 0.6) is 0 Å². The molecular weight excluding hydrogens is 172 g/mol. The van der Waals surface area contributed by atoms with Crippen LogP contribution in [0.2, 0.25) is 5.54 Å². The molecule has 0 amide bonds. The van der Waals surface area contributed by atoms with E-state index in [1.54, 1.807) is 0 Å². The Morgan fingerprint density at radius 2 is 1.62 bits per heavy atom. The molecule has 70 valence electrons. The maximum Gasteiger partial charge on any atom is 0.0845 e. The summed E-state index contributed by atoms with van der Waals surface area (Å²) in [7, 11) is 0.930. The molecule has 1 rings (SSSR count). The van der Waals surface area contributed by atoms with Gasteiger partial charge in [-0.05, 0) is 11.0 Å². The van der Waals surface area contributed by atoms with E-state index in [4.69, 9.17) is 0 Å². The molecule has 0 saturated heterocycles. The molecule has 1 aromatic rings. The smallest absolute Gasteiger partial charge is 0.0645 e. The molecule has 0 N–H and O–H groups in total. The molecule has 0 fully saturated rings. The lowest BCUT2D eigenvalue weighted by atomic mass is 9.93. The van der Waals surface area contributed by atoms with E-state index in [0.717, 1.165) is 15.1 Å². The van der Waals surface area contributed by atoms with Crippen LogP contribution in [0.4, 0.5) is 0 Å². The average Bonchev–Trinajstić information content (AvgIpc) is 2.04. The fourth-order valence-corrected chi connectivity index (χ4v) is 2.32. The minimum atomic E-state index is 0.425. The highest BCUT2D eigenvalue weighted by atomic mass is 28.2. The standard InChI is InChI=1S/C12H18Si/c1-10(12(2,3)4)13-11-8-6-5-7-9-11/h5-10H,1-4H3. The molecule has 0 saturated carbocycles. The highest BCUT2D eigenvalue weighted by molar-refractivity contribution is 6.55. The Balaban J connectivity index is 2.61. The molecule has 1 aromatic carbocycles. The van der Waals surface area contributed by atoms with Crippen LogP contribution in [-0.2, 0) is 0 Å². The van der Waals surface area contributed by atoms with Gasteiger partial charge in [0.2, 0.25) is 0 Å². The fraction of sp³-hybridized carbons (Fsp3) is 0.500. The van der Waals surface area contributed by atoms with E-state index < -0.39 is 0 Å². The van der Waals surface area contributed by atoms with Gasteiger partial charge in [-0.2, -0.15) is 0 Å². The zero-order valence-corrected chi connectivity index (χ0v) is 9.96. The van der Waals surface area contributed by atoms with Gasteiger partial charge in [-0.3, -0.25) is 0 Å². The first-order valence-electron chi connectivity index (χ1n) is 4.82. The number of rotatable bonds is 2. The van der Waals surface area contributed by atoms with Crippen molar-refractivity contribution < 1.29 is 0 Å². The van der Waals surface area contributed by atoms with Crippen LogP contribution < -0.4 is 5.19 Å². The molecule has 2 radical (unpaired) electrons. The maximum atomic E-state index is 2.34. The monoisotopic (exact) mass is 190 g/mol. The van der Waals surface area contributed by atoms with Gasteiger partial charge in [-0.1, -0.05) is 63.2 Å². The van der Waals surface area contributed by atoms with Crippen molar-refractivity contribution in [2.75, 3.05) is 0 Å². The lowest BCUT2D eigenvalue weighted by Gasteiger charge is -2.26. The van der Waals surface area contributed by atoms with Crippen molar-refractivity contribution in [2.45, 2.75) is 33.2 Å². The van der Waals surface area contributed by atoms with Gasteiger partial charge in [0.1, 0.15) is 0 Å². The Bertz CT molecular complexity index is 246. The SMILES string of the molecule is CC([Si]c1ccccc1)C(C)(C)C. The van der Waals surface area contributed by atoms with Gasteiger partial charge >= 0.3 is 0 Å². The Kier molecular flexibility index (Phi) is 3.31. The van der Waals surface area contributed by atoms with E-state index >= 15 is 0 Å². The van der Waals surface area contributed by atoms with Crippen LogP contribution in [0, 0.1) is 5.41 Å². The van der Waals surface area contributed by atoms with Gasteiger partial charge in [0.15, 0.2) is 0 Å². The highest BCUT2D eigenvalue weighted by Gasteiger charge is 2.20. The van der Waals surface area contributed by atoms with Crippen molar-refractivity contribution in [3.63, 3.8) is 0 Å². The van der Waals surface area contributed by atoms with Gasteiger partial charge < -0.3 is 0 Å². The second-order valence-electron chi connectivity index (χ2n) is 4.60. The molecule has 0 aliphatic heterocycles. The van der Waals surface area contributed by atoms with Gasteiger partial charge in [-0.25, -0.2) is 0 Å². The van der Waals surface area contributed by atoms with Crippen molar-refractivity contribution in [3.8, 4) is 0 Å². The van der Waals surface area contributed by atoms with Gasteiger partial charge in [-0.15, -0.1) is 0 Å². The number of hydrogen-bond acceptors (Lipinski definition) is 0. The maximum absolute atomic E-state index is 2.34. The van der Waals surface area contributed by atoms with Crippen LogP contribution in [0.1, 0.15) is 27.7 Å². The summed E-state index contributed by atoms with van der Waals surface area (Å²) in [5.74, 6) is 0. The molecule has 1 atom stereocenters. The van der Waals surface area contributed by atoms with E-state index in [9.17, 15) is 0 Å². The normalized spacial score (nSPS) is 14.2. The third kappa shape index (κ3) is 3.35. The van der Waals surface area contributed by atoms with E-state index in [2.05, 4.69) is 58.0 Å². The van der Waals surface area contributed by atoms with Crippen LogP contribution >= 0.6 is 0 Å². The molecule has 0 aliphatic rings. The molecule has 1 heteroatoms. The summed E-state index contributed by atoms with van der Waals surface area (Å²) < 4.78 is 0. The van der Waals surface area contributed by atoms with Gasteiger partial charge in [0.05, 0.1) is 9.52 Å². The summed E-state index contributed by atoms with van der Waals surface area (Å²) >= 11 is 0. The lowest BCUT2D eigenvalue weighted by molar-refractivity contribution is 0.396. The van der Waals surface area contributed by atoms with Crippen LogP contribution in [0.15, 0.2) is 30.3 Å². The quantitative estimate of drug-likeness (QED) is 0.629. The van der Waals surface area contributed by atoms with E-state index in [1.165, 1.54) is 5.19 Å². The molecule has 13 heavy (non-hydrogen) atoms. The summed E-state index contributed by atoms with van der Waals surface area (Å²) in [5, 5.41) is 1.48. The first-order valence-corrected chi connectivity index (χ1v) is 5.89. The summed E-state index contributed by atoms with van der Waals surface area (Å²) in [6, 6.07) is 10.8. The molecular formula is C12H18Si. The Labute approximate surface area is 84.2 Å². The first kappa shape index (κ1) is 10.5. The summed E-state index contributed by atoms with van der Waals surface area (Å²) in [5.41, 5.74) is 1.18. The Hall–Kier alpha value is -0.563. The van der Waals surface area contributed by atoms with Crippen molar-refractivity contribution in [1.82, 2.24) is 0 Å². The molecule has 0 aliphatic carbocycles. The largest absolute Gasteiger partial charge is 0.0845 e. The highest BCUT2D eigenvalue weighted by Crippen LogP contribution is 2.29. The minimum absolute atomic E-state index is 0.425. The number of benzene rings is 1. The van der Waals surface area contributed by atoms with E-state index in [-0.39, 0.29) is 0 Å². The second kappa shape index (κ2) is 4.10. The van der Waals surface area contributed by atoms with Crippen molar-refractivity contribution >= 4 is 14.7 Å². The molecule has 1 unspecified atom stereocenters. The average molecular weight is 190 g/mol. The van der Waals surface area contributed by atoms with Crippen molar-refractivity contribution in [3.05, 3.63) is 30.3 Å². The molecule has 0 aromatic heterocycles.